The van der Waals surface area contributed by atoms with Crippen LogP contribution < -0.4 is 4.57 Å². The van der Waals surface area contributed by atoms with Crippen LogP contribution in [0.1, 0.15) is 15.2 Å². The van der Waals surface area contributed by atoms with E-state index in [9.17, 15) is 0 Å². The van der Waals surface area contributed by atoms with Crippen LogP contribution in [0.2, 0.25) is 0 Å². The van der Waals surface area contributed by atoms with Gasteiger partial charge in [-0.25, -0.2) is 4.57 Å². The number of rotatable bonds is 1. The van der Waals surface area contributed by atoms with E-state index in [1.165, 1.54) is 27.1 Å². The van der Waals surface area contributed by atoms with Crippen LogP contribution >= 0.6 is 0 Å². The second-order valence-corrected chi connectivity index (χ2v) is 7.34. The fourth-order valence-corrected chi connectivity index (χ4v) is 4.30. The largest absolute Gasteiger partial charge is 0.343 e. The van der Waals surface area contributed by atoms with E-state index in [0.29, 0.717) is 5.56 Å². The van der Waals surface area contributed by atoms with Gasteiger partial charge in [-0.15, -0.1) is 0 Å². The summed E-state index contributed by atoms with van der Waals surface area (Å²) in [4.78, 5) is 0. The molecule has 0 aliphatic rings. The summed E-state index contributed by atoms with van der Waals surface area (Å²) in [5.41, 5.74) is 5.84. The van der Waals surface area contributed by atoms with Crippen molar-refractivity contribution in [1.82, 2.24) is 4.57 Å². The van der Waals surface area contributed by atoms with Gasteiger partial charge in [-0.1, -0.05) is 54.1 Å². The SMILES string of the molecule is [2H]C([2H])([2H])c1ccc(-c2cc3c(c[n+]2C)c2ccc4ccccc4c2n3C)c(C)c1. The number of aromatic nitrogens is 2. The van der Waals surface area contributed by atoms with Crippen LogP contribution in [0.25, 0.3) is 43.8 Å². The Kier molecular flexibility index (Phi) is 2.76. The summed E-state index contributed by atoms with van der Waals surface area (Å²) >= 11 is 0. The Bertz CT molecular complexity index is 1460. The number of hydrogen-bond donors (Lipinski definition) is 0. The lowest BCUT2D eigenvalue weighted by molar-refractivity contribution is -0.659. The van der Waals surface area contributed by atoms with Crippen molar-refractivity contribution in [3.63, 3.8) is 0 Å². The molecule has 0 fully saturated rings. The number of fused-ring (bicyclic) bond motifs is 5. The molecule has 0 bridgehead atoms. The van der Waals surface area contributed by atoms with Crippen molar-refractivity contribution >= 4 is 32.6 Å². The predicted octanol–water partition coefficient (Wildman–Crippen LogP) is 5.59. The van der Waals surface area contributed by atoms with Gasteiger partial charge in [0.15, 0.2) is 6.20 Å². The summed E-state index contributed by atoms with van der Waals surface area (Å²) in [6, 6.07) is 20.5. The zero-order valence-corrected chi connectivity index (χ0v) is 15.7. The van der Waals surface area contributed by atoms with Gasteiger partial charge < -0.3 is 4.57 Å². The molecule has 0 N–H and O–H groups in total. The van der Waals surface area contributed by atoms with Gasteiger partial charge in [0, 0.05) is 33.6 Å². The van der Waals surface area contributed by atoms with Crippen molar-refractivity contribution < 1.29 is 8.68 Å². The third-order valence-corrected chi connectivity index (χ3v) is 5.64. The Balaban J connectivity index is 1.80. The van der Waals surface area contributed by atoms with Crippen molar-refractivity contribution in [2.24, 2.45) is 14.1 Å². The molecule has 0 aliphatic heterocycles. The monoisotopic (exact) mass is 354 g/mol. The average molecular weight is 354 g/mol. The molecule has 2 heteroatoms. The quantitative estimate of drug-likeness (QED) is 0.347. The molecule has 27 heavy (non-hydrogen) atoms. The van der Waals surface area contributed by atoms with E-state index in [2.05, 4.69) is 64.8 Å². The number of aryl methyl sites for hydroxylation is 4. The number of nitrogens with zero attached hydrogens (tertiary/aromatic N) is 2. The summed E-state index contributed by atoms with van der Waals surface area (Å²) in [5, 5.41) is 4.93. The van der Waals surface area contributed by atoms with Gasteiger partial charge in [0.05, 0.1) is 16.4 Å². The first-order valence-electron chi connectivity index (χ1n) is 10.7. The van der Waals surface area contributed by atoms with E-state index in [1.54, 1.807) is 12.1 Å². The van der Waals surface area contributed by atoms with Gasteiger partial charge in [-0.3, -0.25) is 0 Å². The van der Waals surface area contributed by atoms with Gasteiger partial charge in [-0.05, 0) is 30.8 Å². The second-order valence-electron chi connectivity index (χ2n) is 7.34. The molecular formula is C25H23N2+. The van der Waals surface area contributed by atoms with Crippen molar-refractivity contribution in [2.45, 2.75) is 13.8 Å². The average Bonchev–Trinajstić information content (AvgIpc) is 2.98. The molecule has 0 atom stereocenters. The zero-order chi connectivity index (χ0) is 21.2. The van der Waals surface area contributed by atoms with Crippen LogP contribution in [-0.4, -0.2) is 4.57 Å². The smallest absolute Gasteiger partial charge is 0.214 e. The Labute approximate surface area is 163 Å². The number of benzene rings is 3. The molecule has 2 heterocycles. The molecule has 0 spiro atoms. The van der Waals surface area contributed by atoms with Crippen LogP contribution in [0, 0.1) is 13.8 Å². The molecule has 3 aromatic carbocycles. The van der Waals surface area contributed by atoms with E-state index in [4.69, 9.17) is 4.11 Å². The van der Waals surface area contributed by atoms with Crippen LogP contribution in [0.15, 0.2) is 66.9 Å². The van der Waals surface area contributed by atoms with Gasteiger partial charge in [0.2, 0.25) is 5.69 Å². The molecule has 0 saturated heterocycles. The highest BCUT2D eigenvalue weighted by Gasteiger charge is 2.19. The molecule has 0 radical (unpaired) electrons. The minimum absolute atomic E-state index is 0.378. The third kappa shape index (κ3) is 2.30. The van der Waals surface area contributed by atoms with E-state index in [0.717, 1.165) is 22.3 Å². The van der Waals surface area contributed by atoms with Gasteiger partial charge in [-0.2, -0.15) is 0 Å². The van der Waals surface area contributed by atoms with E-state index in [1.807, 2.05) is 20.0 Å². The first kappa shape index (κ1) is 13.1. The van der Waals surface area contributed by atoms with Crippen molar-refractivity contribution in [3.8, 4) is 11.3 Å². The van der Waals surface area contributed by atoms with Crippen LogP contribution in [-0.2, 0) is 14.1 Å². The van der Waals surface area contributed by atoms with Crippen LogP contribution in [0.5, 0.6) is 0 Å². The standard InChI is InChI=1S/C25H23N2/c1-16-9-11-19(17(2)13-16)23-14-24-22(15-26(23)3)21-12-10-18-7-5-6-8-20(18)25(21)27(24)4/h5-15H,1-4H3/q+1/i1D3. The lowest BCUT2D eigenvalue weighted by Crippen LogP contribution is -2.30. The van der Waals surface area contributed by atoms with Gasteiger partial charge in [0.25, 0.3) is 0 Å². The Hall–Kier alpha value is -3.13. The summed E-state index contributed by atoms with van der Waals surface area (Å²) < 4.78 is 27.4. The first-order chi connectivity index (χ1) is 14.3. The number of pyridine rings is 1. The van der Waals surface area contributed by atoms with Crippen molar-refractivity contribution in [1.29, 1.82) is 0 Å². The molecule has 0 saturated carbocycles. The molecule has 132 valence electrons. The van der Waals surface area contributed by atoms with Gasteiger partial charge in [0.1, 0.15) is 7.05 Å². The maximum atomic E-state index is 7.68. The molecule has 0 amide bonds. The van der Waals surface area contributed by atoms with E-state index in [-0.39, 0.29) is 0 Å². The van der Waals surface area contributed by atoms with Gasteiger partial charge >= 0.3 is 0 Å². The highest BCUT2D eigenvalue weighted by molar-refractivity contribution is 6.17. The Morgan fingerprint density at radius 3 is 2.59 bits per heavy atom. The minimum Gasteiger partial charge on any atom is -0.343 e. The lowest BCUT2D eigenvalue weighted by atomic mass is 10.0. The zero-order valence-electron chi connectivity index (χ0n) is 18.7. The molecule has 0 unspecified atom stereocenters. The Morgan fingerprint density at radius 1 is 0.926 bits per heavy atom. The second kappa shape index (κ2) is 5.68. The number of hydrogen-bond acceptors (Lipinski definition) is 0. The summed E-state index contributed by atoms with van der Waals surface area (Å²) in [7, 11) is 4.16. The molecule has 0 aliphatic carbocycles. The maximum Gasteiger partial charge on any atom is 0.214 e. The van der Waals surface area contributed by atoms with Crippen LogP contribution in [0.3, 0.4) is 0 Å². The highest BCUT2D eigenvalue weighted by Crippen LogP contribution is 2.34. The normalized spacial score (nSPS) is 13.8. The van der Waals surface area contributed by atoms with E-state index >= 15 is 0 Å². The lowest BCUT2D eigenvalue weighted by Gasteiger charge is -2.07. The first-order valence-corrected chi connectivity index (χ1v) is 9.17. The van der Waals surface area contributed by atoms with Crippen molar-refractivity contribution in [2.75, 3.05) is 0 Å². The third-order valence-electron chi connectivity index (χ3n) is 5.64. The summed E-state index contributed by atoms with van der Waals surface area (Å²) in [6.45, 7) is -0.115. The molecule has 2 aromatic heterocycles. The molecule has 5 aromatic rings. The van der Waals surface area contributed by atoms with E-state index < -0.39 is 6.85 Å². The van der Waals surface area contributed by atoms with Crippen LogP contribution in [0.4, 0.5) is 0 Å². The topological polar surface area (TPSA) is 8.81 Å². The maximum absolute atomic E-state index is 7.68. The molecule has 5 rings (SSSR count). The predicted molar refractivity (Wildman–Crippen MR) is 114 cm³/mol. The molecular weight excluding hydrogens is 328 g/mol. The summed E-state index contributed by atoms with van der Waals surface area (Å²) in [5.74, 6) is 0. The summed E-state index contributed by atoms with van der Waals surface area (Å²) in [6.07, 6.45) is 2.18. The fraction of sp³-hybridized carbons (Fsp3) is 0.160. The Morgan fingerprint density at radius 2 is 1.78 bits per heavy atom. The molecule has 2 nitrogen and oxygen atoms in total. The fourth-order valence-electron chi connectivity index (χ4n) is 4.30. The minimum atomic E-state index is -2.09. The highest BCUT2D eigenvalue weighted by atomic mass is 15.0. The van der Waals surface area contributed by atoms with Crippen molar-refractivity contribution in [3.05, 3.63) is 78.0 Å².